The number of aromatic nitrogens is 3. The first kappa shape index (κ1) is 18.5. The zero-order chi connectivity index (χ0) is 19.7. The van der Waals surface area contributed by atoms with Crippen molar-refractivity contribution in [2.75, 3.05) is 5.32 Å². The summed E-state index contributed by atoms with van der Waals surface area (Å²) in [6.07, 6.45) is 3.14. The number of rotatable bonds is 4. The van der Waals surface area contributed by atoms with E-state index in [0.29, 0.717) is 33.0 Å². The van der Waals surface area contributed by atoms with E-state index in [4.69, 9.17) is 0 Å². The van der Waals surface area contributed by atoms with E-state index in [0.717, 1.165) is 10.0 Å². The van der Waals surface area contributed by atoms with Crippen molar-refractivity contribution in [1.82, 2.24) is 14.5 Å². The summed E-state index contributed by atoms with van der Waals surface area (Å²) in [6.45, 7) is 2.21. The van der Waals surface area contributed by atoms with Crippen LogP contribution in [-0.4, -0.2) is 20.4 Å². The van der Waals surface area contributed by atoms with Crippen molar-refractivity contribution in [3.05, 3.63) is 85.8 Å². The van der Waals surface area contributed by atoms with Crippen molar-refractivity contribution < 1.29 is 4.79 Å². The maximum atomic E-state index is 13.0. The molecule has 0 aliphatic rings. The third-order valence-corrected chi connectivity index (χ3v) is 5.96. The quantitative estimate of drug-likeness (QED) is 0.500. The average Bonchev–Trinajstić information content (AvgIpc) is 3.04. The van der Waals surface area contributed by atoms with E-state index in [-0.39, 0.29) is 11.5 Å². The van der Waals surface area contributed by atoms with Crippen molar-refractivity contribution in [3.63, 3.8) is 0 Å². The summed E-state index contributed by atoms with van der Waals surface area (Å²) in [7, 11) is 0. The van der Waals surface area contributed by atoms with Gasteiger partial charge >= 0.3 is 0 Å². The summed E-state index contributed by atoms with van der Waals surface area (Å²) in [6, 6.07) is 13.2. The molecule has 8 heteroatoms. The Morgan fingerprint density at radius 1 is 1.18 bits per heavy atom. The highest BCUT2D eigenvalue weighted by atomic mass is 79.9. The van der Waals surface area contributed by atoms with E-state index >= 15 is 0 Å². The minimum absolute atomic E-state index is 0.150. The number of thiophene rings is 1. The van der Waals surface area contributed by atoms with E-state index in [1.807, 2.05) is 30.3 Å². The van der Waals surface area contributed by atoms with Crippen LogP contribution in [0.2, 0.25) is 0 Å². The molecule has 0 bridgehead atoms. The fourth-order valence-electron chi connectivity index (χ4n) is 2.89. The predicted octanol–water partition coefficient (Wildman–Crippen LogP) is 4.22. The van der Waals surface area contributed by atoms with Gasteiger partial charge in [0, 0.05) is 10.7 Å². The maximum Gasteiger partial charge on any atom is 0.267 e. The SMILES string of the molecule is Cc1c(C(=O)Nc2ccc(Br)cn2)sc2ncn(Cc3ccccc3)c(=O)c12. The number of halogens is 1. The lowest BCUT2D eigenvalue weighted by Crippen LogP contribution is -2.21. The molecule has 0 spiro atoms. The summed E-state index contributed by atoms with van der Waals surface area (Å²) in [5.41, 5.74) is 1.50. The number of hydrogen-bond donors (Lipinski definition) is 1. The number of nitrogens with zero attached hydrogens (tertiary/aromatic N) is 3. The van der Waals surface area contributed by atoms with Gasteiger partial charge in [0.05, 0.1) is 23.1 Å². The number of carbonyl (C=O) groups excluding carboxylic acids is 1. The van der Waals surface area contributed by atoms with Gasteiger partial charge in [0.15, 0.2) is 0 Å². The van der Waals surface area contributed by atoms with E-state index < -0.39 is 0 Å². The lowest BCUT2D eigenvalue weighted by Gasteiger charge is -2.05. The zero-order valence-corrected chi connectivity index (χ0v) is 17.3. The highest BCUT2D eigenvalue weighted by Crippen LogP contribution is 2.27. The zero-order valence-electron chi connectivity index (χ0n) is 14.8. The number of amides is 1. The molecule has 0 atom stereocenters. The first-order valence-electron chi connectivity index (χ1n) is 8.48. The molecule has 0 aliphatic heterocycles. The Balaban J connectivity index is 1.68. The first-order chi connectivity index (χ1) is 13.5. The second-order valence-corrected chi connectivity index (χ2v) is 8.13. The van der Waals surface area contributed by atoms with Crippen molar-refractivity contribution in [3.8, 4) is 0 Å². The van der Waals surface area contributed by atoms with Crippen LogP contribution in [0.4, 0.5) is 5.82 Å². The summed E-state index contributed by atoms with van der Waals surface area (Å²) < 4.78 is 2.39. The van der Waals surface area contributed by atoms with Gasteiger partial charge in [-0.2, -0.15) is 0 Å². The highest BCUT2D eigenvalue weighted by molar-refractivity contribution is 9.10. The molecule has 4 rings (SSSR count). The molecular weight excluding hydrogens is 440 g/mol. The summed E-state index contributed by atoms with van der Waals surface area (Å²) >= 11 is 4.52. The molecule has 0 saturated carbocycles. The van der Waals surface area contributed by atoms with Gasteiger partial charge in [0.25, 0.3) is 11.5 Å². The van der Waals surface area contributed by atoms with Crippen LogP contribution in [0, 0.1) is 6.92 Å². The van der Waals surface area contributed by atoms with Gasteiger partial charge in [-0.1, -0.05) is 30.3 Å². The Morgan fingerprint density at radius 2 is 1.96 bits per heavy atom. The van der Waals surface area contributed by atoms with Crippen LogP contribution in [-0.2, 0) is 6.54 Å². The lowest BCUT2D eigenvalue weighted by atomic mass is 10.2. The normalized spacial score (nSPS) is 10.9. The standard InChI is InChI=1S/C20H15BrN4O2S/c1-12-16-19(23-11-25(20(16)27)10-13-5-3-2-4-6-13)28-17(12)18(26)24-15-8-7-14(21)9-22-15/h2-9,11H,10H2,1H3,(H,22,24,26). The second-order valence-electron chi connectivity index (χ2n) is 6.22. The molecule has 140 valence electrons. The molecule has 0 fully saturated rings. The number of benzene rings is 1. The van der Waals surface area contributed by atoms with Crippen molar-refractivity contribution in [2.45, 2.75) is 13.5 Å². The summed E-state index contributed by atoms with van der Waals surface area (Å²) in [4.78, 5) is 35.2. The number of hydrogen-bond acceptors (Lipinski definition) is 5. The van der Waals surface area contributed by atoms with E-state index in [1.54, 1.807) is 29.8 Å². The summed E-state index contributed by atoms with van der Waals surface area (Å²) in [5, 5.41) is 3.25. The number of pyridine rings is 1. The molecule has 3 aromatic heterocycles. The topological polar surface area (TPSA) is 76.9 Å². The molecule has 1 N–H and O–H groups in total. The van der Waals surface area contributed by atoms with Crippen molar-refractivity contribution in [2.24, 2.45) is 0 Å². The average molecular weight is 455 g/mol. The number of fused-ring (bicyclic) bond motifs is 1. The number of aryl methyl sites for hydroxylation is 1. The molecule has 1 aromatic carbocycles. The van der Waals surface area contributed by atoms with Crippen LogP contribution in [0.5, 0.6) is 0 Å². The molecule has 6 nitrogen and oxygen atoms in total. The van der Waals surface area contributed by atoms with Crippen LogP contribution < -0.4 is 10.9 Å². The number of anilines is 1. The van der Waals surface area contributed by atoms with E-state index in [1.165, 1.54) is 17.7 Å². The van der Waals surface area contributed by atoms with Gasteiger partial charge in [-0.15, -0.1) is 11.3 Å². The van der Waals surface area contributed by atoms with Crippen molar-refractivity contribution >= 4 is 49.2 Å². The Bertz CT molecular complexity index is 1220. The molecule has 28 heavy (non-hydrogen) atoms. The molecule has 0 aliphatic carbocycles. The molecule has 4 aromatic rings. The summed E-state index contributed by atoms with van der Waals surface area (Å²) in [5.74, 6) is 0.142. The molecule has 3 heterocycles. The second kappa shape index (κ2) is 7.65. The third kappa shape index (κ3) is 3.61. The van der Waals surface area contributed by atoms with Crippen LogP contribution in [0.1, 0.15) is 20.8 Å². The van der Waals surface area contributed by atoms with Crippen LogP contribution in [0.15, 0.2) is 64.3 Å². The fourth-order valence-corrected chi connectivity index (χ4v) is 4.16. The predicted molar refractivity (Wildman–Crippen MR) is 114 cm³/mol. The smallest absolute Gasteiger partial charge is 0.267 e. The largest absolute Gasteiger partial charge is 0.306 e. The molecule has 0 radical (unpaired) electrons. The minimum Gasteiger partial charge on any atom is -0.306 e. The van der Waals surface area contributed by atoms with Gasteiger partial charge in [0.1, 0.15) is 10.6 Å². The van der Waals surface area contributed by atoms with Gasteiger partial charge in [0.2, 0.25) is 0 Å². The molecule has 0 saturated heterocycles. The van der Waals surface area contributed by atoms with E-state index in [9.17, 15) is 9.59 Å². The van der Waals surface area contributed by atoms with Gasteiger partial charge < -0.3 is 5.32 Å². The Kier molecular flexibility index (Phi) is 5.06. The Labute approximate surface area is 173 Å². The molecule has 0 unspecified atom stereocenters. The third-order valence-electron chi connectivity index (χ3n) is 4.29. The highest BCUT2D eigenvalue weighted by Gasteiger charge is 2.20. The number of carbonyl (C=O) groups is 1. The van der Waals surface area contributed by atoms with Crippen molar-refractivity contribution in [1.29, 1.82) is 0 Å². The minimum atomic E-state index is -0.302. The first-order valence-corrected chi connectivity index (χ1v) is 10.1. The van der Waals surface area contributed by atoms with Gasteiger partial charge in [-0.25, -0.2) is 9.97 Å². The van der Waals surface area contributed by atoms with Crippen LogP contribution in [0.25, 0.3) is 10.2 Å². The Hall–Kier alpha value is -2.84. The monoisotopic (exact) mass is 454 g/mol. The molecule has 1 amide bonds. The van der Waals surface area contributed by atoms with Gasteiger partial charge in [-0.3, -0.25) is 14.2 Å². The lowest BCUT2D eigenvalue weighted by molar-refractivity contribution is 0.102. The van der Waals surface area contributed by atoms with Gasteiger partial charge in [-0.05, 0) is 46.1 Å². The number of nitrogens with one attached hydrogen (secondary N) is 1. The Morgan fingerprint density at radius 3 is 2.68 bits per heavy atom. The molecular formula is C20H15BrN4O2S. The van der Waals surface area contributed by atoms with Crippen LogP contribution in [0.3, 0.4) is 0 Å². The maximum absolute atomic E-state index is 13.0. The van der Waals surface area contributed by atoms with E-state index in [2.05, 4.69) is 31.2 Å². The fraction of sp³-hybridized carbons (Fsp3) is 0.100. The van der Waals surface area contributed by atoms with Crippen LogP contribution >= 0.6 is 27.3 Å².